The van der Waals surface area contributed by atoms with E-state index in [0.717, 1.165) is 31.0 Å². The quantitative estimate of drug-likeness (QED) is 0.726. The van der Waals surface area contributed by atoms with Crippen LogP contribution in [0.15, 0.2) is 52.4 Å². The Bertz CT molecular complexity index is 762. The highest BCUT2D eigenvalue weighted by atomic mass is 32.1. The van der Waals surface area contributed by atoms with E-state index >= 15 is 0 Å². The van der Waals surface area contributed by atoms with Crippen LogP contribution in [0.3, 0.4) is 0 Å². The van der Waals surface area contributed by atoms with Gasteiger partial charge in [-0.1, -0.05) is 35.5 Å². The fourth-order valence-corrected chi connectivity index (χ4v) is 4.17. The van der Waals surface area contributed by atoms with E-state index in [9.17, 15) is 0 Å². The lowest BCUT2D eigenvalue weighted by Crippen LogP contribution is -2.35. The fraction of sp³-hybridized carbons (Fsp3) is 0.278. The second-order valence-corrected chi connectivity index (χ2v) is 6.76. The van der Waals surface area contributed by atoms with Crippen LogP contribution in [0.4, 0.5) is 0 Å². The monoisotopic (exact) mass is 310 g/mol. The molecule has 112 valence electrons. The maximum Gasteiger partial charge on any atom is 0.133 e. The predicted molar refractivity (Wildman–Crippen MR) is 88.0 cm³/mol. The van der Waals surface area contributed by atoms with Crippen molar-refractivity contribution in [3.63, 3.8) is 0 Å². The summed E-state index contributed by atoms with van der Waals surface area (Å²) >= 11 is 1.88. The zero-order valence-corrected chi connectivity index (χ0v) is 13.3. The van der Waals surface area contributed by atoms with Gasteiger partial charge in [-0.3, -0.25) is 4.90 Å². The molecular formula is C18H18N2OS. The van der Waals surface area contributed by atoms with E-state index in [1.807, 2.05) is 24.3 Å². The average Bonchev–Trinajstić information content (AvgIpc) is 3.17. The van der Waals surface area contributed by atoms with Crippen LogP contribution in [0.25, 0.3) is 0 Å². The van der Waals surface area contributed by atoms with Crippen molar-refractivity contribution in [1.29, 1.82) is 0 Å². The first-order valence-corrected chi connectivity index (χ1v) is 8.46. The lowest BCUT2D eigenvalue weighted by Gasteiger charge is -2.35. The van der Waals surface area contributed by atoms with Gasteiger partial charge in [0.2, 0.25) is 0 Å². The SMILES string of the molecule is Cc1cc(CN2CCc3sccc3[C@@H]2c2ccccc2)no1. The molecule has 0 saturated heterocycles. The van der Waals surface area contributed by atoms with Crippen molar-refractivity contribution in [2.75, 3.05) is 6.54 Å². The molecule has 0 spiro atoms. The van der Waals surface area contributed by atoms with Gasteiger partial charge in [-0.25, -0.2) is 0 Å². The molecule has 0 fully saturated rings. The largest absolute Gasteiger partial charge is 0.361 e. The van der Waals surface area contributed by atoms with Crippen molar-refractivity contribution in [2.24, 2.45) is 0 Å². The van der Waals surface area contributed by atoms with E-state index in [0.29, 0.717) is 6.04 Å². The van der Waals surface area contributed by atoms with Crippen molar-refractivity contribution in [1.82, 2.24) is 10.1 Å². The predicted octanol–water partition coefficient (Wildman–Crippen LogP) is 4.19. The first-order chi connectivity index (χ1) is 10.8. The van der Waals surface area contributed by atoms with E-state index in [2.05, 4.69) is 51.8 Å². The highest BCUT2D eigenvalue weighted by Crippen LogP contribution is 2.38. The van der Waals surface area contributed by atoms with Crippen LogP contribution in [0.1, 0.15) is 33.5 Å². The van der Waals surface area contributed by atoms with Gasteiger partial charge in [-0.2, -0.15) is 0 Å². The lowest BCUT2D eigenvalue weighted by molar-refractivity contribution is 0.200. The molecular weight excluding hydrogens is 292 g/mol. The number of hydrogen-bond donors (Lipinski definition) is 0. The van der Waals surface area contributed by atoms with Crippen LogP contribution in [0.2, 0.25) is 0 Å². The Morgan fingerprint density at radius 3 is 2.91 bits per heavy atom. The molecule has 4 heteroatoms. The number of hydrogen-bond acceptors (Lipinski definition) is 4. The van der Waals surface area contributed by atoms with Crippen molar-refractivity contribution in [3.8, 4) is 0 Å². The first-order valence-electron chi connectivity index (χ1n) is 7.59. The van der Waals surface area contributed by atoms with Gasteiger partial charge < -0.3 is 4.52 Å². The summed E-state index contributed by atoms with van der Waals surface area (Å²) in [5.74, 6) is 0.875. The molecule has 3 aromatic rings. The van der Waals surface area contributed by atoms with E-state index in [4.69, 9.17) is 4.52 Å². The number of aromatic nitrogens is 1. The molecule has 1 aliphatic heterocycles. The highest BCUT2D eigenvalue weighted by Gasteiger charge is 2.29. The molecule has 2 aromatic heterocycles. The molecule has 0 amide bonds. The number of nitrogens with zero attached hydrogens (tertiary/aromatic N) is 2. The summed E-state index contributed by atoms with van der Waals surface area (Å²) in [6.45, 7) is 3.82. The third-order valence-electron chi connectivity index (χ3n) is 4.22. The zero-order chi connectivity index (χ0) is 14.9. The van der Waals surface area contributed by atoms with Gasteiger partial charge in [0, 0.05) is 24.0 Å². The first kappa shape index (κ1) is 13.7. The van der Waals surface area contributed by atoms with Crippen LogP contribution < -0.4 is 0 Å². The molecule has 1 aromatic carbocycles. The van der Waals surface area contributed by atoms with Gasteiger partial charge in [-0.05, 0) is 35.9 Å². The number of thiophene rings is 1. The Morgan fingerprint density at radius 2 is 2.14 bits per heavy atom. The topological polar surface area (TPSA) is 29.3 Å². The van der Waals surface area contributed by atoms with Gasteiger partial charge >= 0.3 is 0 Å². The minimum atomic E-state index is 0.313. The smallest absolute Gasteiger partial charge is 0.133 e. The maximum atomic E-state index is 5.23. The number of aryl methyl sites for hydroxylation is 1. The standard InChI is InChI=1S/C18H18N2OS/c1-13-11-15(19-21-13)12-20-9-7-17-16(8-10-22-17)18(20)14-5-3-2-4-6-14/h2-6,8,10-11,18H,7,9,12H2,1H3/t18-/m0/s1. The number of fused-ring (bicyclic) bond motifs is 1. The third kappa shape index (κ3) is 2.49. The summed E-state index contributed by atoms with van der Waals surface area (Å²) in [6, 6.07) is 15.4. The molecule has 1 atom stereocenters. The minimum absolute atomic E-state index is 0.313. The van der Waals surface area contributed by atoms with Crippen LogP contribution in [-0.2, 0) is 13.0 Å². The maximum absolute atomic E-state index is 5.23. The molecule has 0 bridgehead atoms. The normalized spacial score (nSPS) is 18.3. The molecule has 0 N–H and O–H groups in total. The summed E-state index contributed by atoms with van der Waals surface area (Å²) < 4.78 is 5.23. The Hall–Kier alpha value is -1.91. The second-order valence-electron chi connectivity index (χ2n) is 5.76. The van der Waals surface area contributed by atoms with Crippen LogP contribution in [0, 0.1) is 6.92 Å². The van der Waals surface area contributed by atoms with Crippen molar-refractivity contribution >= 4 is 11.3 Å². The van der Waals surface area contributed by atoms with Crippen molar-refractivity contribution < 1.29 is 4.52 Å². The Balaban J connectivity index is 1.71. The van der Waals surface area contributed by atoms with Crippen molar-refractivity contribution in [2.45, 2.75) is 25.9 Å². The molecule has 0 saturated carbocycles. The molecule has 1 aliphatic rings. The number of benzene rings is 1. The minimum Gasteiger partial charge on any atom is -0.361 e. The molecule has 0 radical (unpaired) electrons. The van der Waals surface area contributed by atoms with Crippen LogP contribution >= 0.6 is 11.3 Å². The van der Waals surface area contributed by atoms with E-state index in [1.54, 1.807) is 0 Å². The second kappa shape index (κ2) is 5.71. The van der Waals surface area contributed by atoms with E-state index in [-0.39, 0.29) is 0 Å². The summed E-state index contributed by atoms with van der Waals surface area (Å²) in [6.07, 6.45) is 1.12. The average molecular weight is 310 g/mol. The zero-order valence-electron chi connectivity index (χ0n) is 12.5. The van der Waals surface area contributed by atoms with E-state index < -0.39 is 0 Å². The summed E-state index contributed by atoms with van der Waals surface area (Å²) in [7, 11) is 0. The van der Waals surface area contributed by atoms with Gasteiger partial charge in [0.1, 0.15) is 5.76 Å². The molecule has 3 heterocycles. The molecule has 0 unspecified atom stereocenters. The Labute approximate surface area is 134 Å². The van der Waals surface area contributed by atoms with Gasteiger partial charge in [0.05, 0.1) is 11.7 Å². The van der Waals surface area contributed by atoms with E-state index in [1.165, 1.54) is 16.0 Å². The summed E-state index contributed by atoms with van der Waals surface area (Å²) in [5, 5.41) is 6.38. The fourth-order valence-electron chi connectivity index (χ4n) is 3.26. The third-order valence-corrected chi connectivity index (χ3v) is 5.22. The number of rotatable bonds is 3. The van der Waals surface area contributed by atoms with Crippen LogP contribution in [0.5, 0.6) is 0 Å². The molecule has 3 nitrogen and oxygen atoms in total. The summed E-state index contributed by atoms with van der Waals surface area (Å²) in [4.78, 5) is 4.02. The molecule has 0 aliphatic carbocycles. The highest BCUT2D eigenvalue weighted by molar-refractivity contribution is 7.10. The van der Waals surface area contributed by atoms with Crippen molar-refractivity contribution in [3.05, 3.63) is 75.3 Å². The van der Waals surface area contributed by atoms with Gasteiger partial charge in [-0.15, -0.1) is 11.3 Å². The Morgan fingerprint density at radius 1 is 1.27 bits per heavy atom. The van der Waals surface area contributed by atoms with Crippen LogP contribution in [-0.4, -0.2) is 16.6 Å². The molecule has 22 heavy (non-hydrogen) atoms. The lowest BCUT2D eigenvalue weighted by atomic mass is 9.93. The van der Waals surface area contributed by atoms with Gasteiger partial charge in [0.15, 0.2) is 0 Å². The molecule has 4 rings (SSSR count). The summed E-state index contributed by atoms with van der Waals surface area (Å²) in [5.41, 5.74) is 3.81. The Kier molecular flexibility index (Phi) is 3.56. The van der Waals surface area contributed by atoms with Gasteiger partial charge in [0.25, 0.3) is 0 Å².